The van der Waals surface area contributed by atoms with Gasteiger partial charge in [-0.25, -0.2) is 4.98 Å². The second kappa shape index (κ2) is 7.59. The topological polar surface area (TPSA) is 75.9 Å². The minimum absolute atomic E-state index is 0.00818. The molecule has 5 rings (SSSR count). The average molecular weight is 398 g/mol. The van der Waals surface area contributed by atoms with Gasteiger partial charge in [0.05, 0.1) is 29.2 Å². The molecule has 3 heterocycles. The number of benzene rings is 2. The number of nitrogens with zero attached hydrogens (tertiary/aromatic N) is 5. The number of hydrogen-bond donors (Lipinski definition) is 1. The lowest BCUT2D eigenvalue weighted by Crippen LogP contribution is -2.35. The molecule has 0 aliphatic carbocycles. The van der Waals surface area contributed by atoms with Gasteiger partial charge < -0.3 is 10.2 Å². The van der Waals surface area contributed by atoms with Gasteiger partial charge in [-0.05, 0) is 43.7 Å². The van der Waals surface area contributed by atoms with E-state index in [0.717, 1.165) is 23.1 Å². The molecule has 2 aromatic heterocycles. The summed E-state index contributed by atoms with van der Waals surface area (Å²) in [5, 5.41) is 13.0. The Bertz CT molecular complexity index is 1190. The van der Waals surface area contributed by atoms with Gasteiger partial charge >= 0.3 is 0 Å². The molecule has 2 atom stereocenters. The highest BCUT2D eigenvalue weighted by Crippen LogP contribution is 2.25. The van der Waals surface area contributed by atoms with Crippen molar-refractivity contribution in [2.45, 2.75) is 25.4 Å². The minimum atomic E-state index is -0.00818. The fourth-order valence-corrected chi connectivity index (χ4v) is 4.10. The number of likely N-dealkylation sites (tertiary alicyclic amines) is 1. The molecule has 7 nitrogen and oxygen atoms in total. The molecule has 2 aromatic carbocycles. The van der Waals surface area contributed by atoms with Crippen molar-refractivity contribution in [2.75, 3.05) is 11.9 Å². The monoisotopic (exact) mass is 398 g/mol. The highest BCUT2D eigenvalue weighted by atomic mass is 16.2. The molecule has 1 N–H and O–H groups in total. The van der Waals surface area contributed by atoms with Crippen LogP contribution in [0.2, 0.25) is 0 Å². The Hall–Kier alpha value is -3.74. The summed E-state index contributed by atoms with van der Waals surface area (Å²) >= 11 is 0. The quantitative estimate of drug-likeness (QED) is 0.569. The Morgan fingerprint density at radius 3 is 2.63 bits per heavy atom. The second-order valence-electron chi connectivity index (χ2n) is 7.61. The molecule has 30 heavy (non-hydrogen) atoms. The van der Waals surface area contributed by atoms with Crippen molar-refractivity contribution in [2.24, 2.45) is 0 Å². The first kappa shape index (κ1) is 18.3. The lowest BCUT2D eigenvalue weighted by molar-refractivity contribution is 0.0746. The standard InChI is InChI=1S/C23H22N6O/c1-16-14-18(26-22-11-10-17-6-2-4-8-20(17)27-22)15-28(16)23(30)19-7-3-5-9-21(19)29-24-12-13-25-29/h2-13,16,18H,14-15H2,1H3,(H,26,27)/t16-,18-/m1/s1. The maximum absolute atomic E-state index is 13.4. The number of amides is 1. The zero-order chi connectivity index (χ0) is 20.5. The van der Waals surface area contributed by atoms with Crippen LogP contribution >= 0.6 is 0 Å². The number of carbonyl (C=O) groups excluding carboxylic acids is 1. The summed E-state index contributed by atoms with van der Waals surface area (Å²) in [5.74, 6) is 0.826. The Balaban J connectivity index is 1.35. The lowest BCUT2D eigenvalue weighted by atomic mass is 10.1. The van der Waals surface area contributed by atoms with Gasteiger partial charge in [0.15, 0.2) is 0 Å². The van der Waals surface area contributed by atoms with E-state index >= 15 is 0 Å². The van der Waals surface area contributed by atoms with Crippen molar-refractivity contribution in [3.8, 4) is 5.69 Å². The van der Waals surface area contributed by atoms with Gasteiger partial charge in [-0.2, -0.15) is 15.0 Å². The Kier molecular flexibility index (Phi) is 4.63. The van der Waals surface area contributed by atoms with Gasteiger partial charge in [0.1, 0.15) is 5.82 Å². The van der Waals surface area contributed by atoms with Crippen LogP contribution in [-0.2, 0) is 0 Å². The van der Waals surface area contributed by atoms with Crippen molar-refractivity contribution in [1.82, 2.24) is 24.9 Å². The van der Waals surface area contributed by atoms with Gasteiger partial charge in [-0.1, -0.05) is 30.3 Å². The molecular formula is C23H22N6O. The number of nitrogens with one attached hydrogen (secondary N) is 1. The van der Waals surface area contributed by atoms with Crippen LogP contribution in [0.1, 0.15) is 23.7 Å². The molecule has 0 saturated carbocycles. The van der Waals surface area contributed by atoms with E-state index in [-0.39, 0.29) is 18.0 Å². The van der Waals surface area contributed by atoms with E-state index in [4.69, 9.17) is 4.98 Å². The summed E-state index contributed by atoms with van der Waals surface area (Å²) in [5.41, 5.74) is 2.25. The van der Waals surface area contributed by atoms with E-state index in [2.05, 4.69) is 34.6 Å². The minimum Gasteiger partial charge on any atom is -0.365 e. The summed E-state index contributed by atoms with van der Waals surface area (Å²) in [7, 11) is 0. The molecule has 0 radical (unpaired) electrons. The lowest BCUT2D eigenvalue weighted by Gasteiger charge is -2.22. The van der Waals surface area contributed by atoms with Crippen molar-refractivity contribution in [3.05, 3.63) is 78.6 Å². The van der Waals surface area contributed by atoms with Crippen LogP contribution in [0.4, 0.5) is 5.82 Å². The van der Waals surface area contributed by atoms with E-state index in [1.165, 1.54) is 4.80 Å². The summed E-state index contributed by atoms with van der Waals surface area (Å²) in [4.78, 5) is 21.5. The highest BCUT2D eigenvalue weighted by molar-refractivity contribution is 5.98. The van der Waals surface area contributed by atoms with Crippen LogP contribution in [0.5, 0.6) is 0 Å². The van der Waals surface area contributed by atoms with E-state index < -0.39 is 0 Å². The molecule has 0 spiro atoms. The third-order valence-electron chi connectivity index (χ3n) is 5.55. The number of anilines is 1. The van der Waals surface area contributed by atoms with E-state index in [1.807, 2.05) is 53.4 Å². The van der Waals surface area contributed by atoms with Gasteiger partial charge in [0.25, 0.3) is 5.91 Å². The number of carbonyl (C=O) groups is 1. The third-order valence-corrected chi connectivity index (χ3v) is 5.55. The van der Waals surface area contributed by atoms with Crippen LogP contribution in [0.25, 0.3) is 16.6 Å². The number of pyridine rings is 1. The van der Waals surface area contributed by atoms with Gasteiger partial charge in [0, 0.05) is 24.0 Å². The first-order valence-corrected chi connectivity index (χ1v) is 10.1. The molecule has 1 fully saturated rings. The van der Waals surface area contributed by atoms with Crippen LogP contribution < -0.4 is 5.32 Å². The molecule has 1 saturated heterocycles. The van der Waals surface area contributed by atoms with E-state index in [0.29, 0.717) is 17.8 Å². The first-order valence-electron chi connectivity index (χ1n) is 10.1. The summed E-state index contributed by atoms with van der Waals surface area (Å²) < 4.78 is 0. The Morgan fingerprint density at radius 1 is 1.00 bits per heavy atom. The number of para-hydroxylation sites is 2. The Labute approximate surface area is 174 Å². The van der Waals surface area contributed by atoms with Crippen LogP contribution in [-0.4, -0.2) is 49.4 Å². The normalized spacial score (nSPS) is 18.6. The molecule has 150 valence electrons. The molecule has 0 bridgehead atoms. The molecule has 1 aliphatic heterocycles. The smallest absolute Gasteiger partial charge is 0.256 e. The number of fused-ring (bicyclic) bond motifs is 1. The van der Waals surface area contributed by atoms with Gasteiger partial charge in [-0.3, -0.25) is 4.79 Å². The largest absolute Gasteiger partial charge is 0.365 e. The molecule has 1 aliphatic rings. The van der Waals surface area contributed by atoms with Crippen molar-refractivity contribution >= 4 is 22.6 Å². The fourth-order valence-electron chi connectivity index (χ4n) is 4.10. The SMILES string of the molecule is C[C@@H]1C[C@@H](Nc2ccc3ccccc3n2)CN1C(=O)c1ccccc1-n1nccn1. The zero-order valence-corrected chi connectivity index (χ0v) is 16.6. The molecular weight excluding hydrogens is 376 g/mol. The van der Waals surface area contributed by atoms with E-state index in [1.54, 1.807) is 12.4 Å². The predicted octanol–water partition coefficient (Wildman–Crippen LogP) is 3.53. The molecule has 0 unspecified atom stereocenters. The maximum atomic E-state index is 13.4. The number of aromatic nitrogens is 4. The summed E-state index contributed by atoms with van der Waals surface area (Å²) in [6.45, 7) is 2.71. The van der Waals surface area contributed by atoms with Crippen LogP contribution in [0, 0.1) is 0 Å². The highest BCUT2D eigenvalue weighted by Gasteiger charge is 2.34. The maximum Gasteiger partial charge on any atom is 0.256 e. The van der Waals surface area contributed by atoms with Crippen molar-refractivity contribution in [3.63, 3.8) is 0 Å². The second-order valence-corrected chi connectivity index (χ2v) is 7.61. The first-order chi connectivity index (χ1) is 14.7. The molecule has 1 amide bonds. The Morgan fingerprint density at radius 2 is 1.77 bits per heavy atom. The molecule has 4 aromatic rings. The predicted molar refractivity (Wildman–Crippen MR) is 116 cm³/mol. The number of rotatable bonds is 4. The van der Waals surface area contributed by atoms with Gasteiger partial charge in [-0.15, -0.1) is 0 Å². The van der Waals surface area contributed by atoms with Crippen molar-refractivity contribution in [1.29, 1.82) is 0 Å². The summed E-state index contributed by atoms with van der Waals surface area (Å²) in [6.07, 6.45) is 4.08. The zero-order valence-electron chi connectivity index (χ0n) is 16.6. The number of hydrogen-bond acceptors (Lipinski definition) is 5. The summed E-state index contributed by atoms with van der Waals surface area (Å²) in [6, 6.07) is 19.8. The average Bonchev–Trinajstić information content (AvgIpc) is 3.43. The van der Waals surface area contributed by atoms with Crippen molar-refractivity contribution < 1.29 is 4.79 Å². The van der Waals surface area contributed by atoms with Crippen LogP contribution in [0.3, 0.4) is 0 Å². The van der Waals surface area contributed by atoms with Gasteiger partial charge in [0.2, 0.25) is 0 Å². The molecule has 7 heteroatoms. The third kappa shape index (κ3) is 3.39. The van der Waals surface area contributed by atoms with Crippen LogP contribution in [0.15, 0.2) is 73.1 Å². The fraction of sp³-hybridized carbons (Fsp3) is 0.217. The van der Waals surface area contributed by atoms with E-state index in [9.17, 15) is 4.79 Å².